The zero-order valence-electron chi connectivity index (χ0n) is 4.63. The van der Waals surface area contributed by atoms with Gasteiger partial charge in [0.05, 0.1) is 0 Å². The van der Waals surface area contributed by atoms with Crippen LogP contribution in [0.4, 0.5) is 0 Å². The first-order chi connectivity index (χ1) is 3.81. The molecule has 0 unspecified atom stereocenters. The van der Waals surface area contributed by atoms with Gasteiger partial charge in [-0.05, 0) is 13.1 Å². The van der Waals surface area contributed by atoms with Gasteiger partial charge in [-0.2, -0.15) is 0 Å². The molecule has 0 aliphatic carbocycles. The third-order valence-corrected chi connectivity index (χ3v) is 0.725. The Hall–Kier alpha value is -0.700. The lowest BCUT2D eigenvalue weighted by Gasteiger charge is -1.87. The van der Waals surface area contributed by atoms with Gasteiger partial charge >= 0.3 is 0 Å². The van der Waals surface area contributed by atoms with E-state index in [0.29, 0.717) is 12.8 Å². The second-order valence-electron chi connectivity index (χ2n) is 1.38. The van der Waals surface area contributed by atoms with E-state index in [-0.39, 0.29) is 12.5 Å². The van der Waals surface area contributed by atoms with Crippen LogP contribution in [0.25, 0.3) is 0 Å². The van der Waals surface area contributed by atoms with Crippen molar-refractivity contribution in [3.8, 4) is 0 Å². The van der Waals surface area contributed by atoms with E-state index in [2.05, 4.69) is 11.7 Å². The summed E-state index contributed by atoms with van der Waals surface area (Å²) in [6.07, 6.45) is 0.790. The van der Waals surface area contributed by atoms with Crippen molar-refractivity contribution in [1.82, 2.24) is 0 Å². The van der Waals surface area contributed by atoms with Crippen molar-refractivity contribution in [2.75, 3.05) is 6.61 Å². The average Bonchev–Trinajstić information content (AvgIpc) is 1.83. The first kappa shape index (κ1) is 7.30. The number of hydrogen-bond acceptors (Lipinski definition) is 2. The van der Waals surface area contributed by atoms with Crippen LogP contribution >= 0.6 is 0 Å². The number of hydrogen-bond donors (Lipinski definition) is 1. The van der Waals surface area contributed by atoms with E-state index in [0.717, 1.165) is 0 Å². The van der Waals surface area contributed by atoms with Crippen molar-refractivity contribution in [2.45, 2.75) is 12.8 Å². The van der Waals surface area contributed by atoms with E-state index < -0.39 is 0 Å². The zero-order valence-corrected chi connectivity index (χ0v) is 4.63. The number of aliphatic imine (C=N–C) groups is 1. The normalized spacial score (nSPS) is 8.62. The SMILES string of the molecule is C=NC(=O)CCCO. The molecule has 3 heteroatoms. The molecule has 3 nitrogen and oxygen atoms in total. The molecule has 0 radical (unpaired) electrons. The molecule has 46 valence electrons. The van der Waals surface area contributed by atoms with Crippen molar-refractivity contribution in [1.29, 1.82) is 0 Å². The van der Waals surface area contributed by atoms with E-state index in [9.17, 15) is 4.79 Å². The lowest BCUT2D eigenvalue weighted by Crippen LogP contribution is -1.93. The molecule has 0 saturated heterocycles. The third kappa shape index (κ3) is 3.49. The molecule has 0 aliphatic heterocycles. The van der Waals surface area contributed by atoms with Crippen LogP contribution in [0.3, 0.4) is 0 Å². The van der Waals surface area contributed by atoms with Crippen LogP contribution in [0.15, 0.2) is 4.99 Å². The van der Waals surface area contributed by atoms with Gasteiger partial charge in [0.1, 0.15) is 0 Å². The highest BCUT2D eigenvalue weighted by Gasteiger charge is 1.92. The number of carbonyl (C=O) groups excluding carboxylic acids is 1. The molecule has 0 saturated carbocycles. The van der Waals surface area contributed by atoms with Gasteiger partial charge in [-0.25, -0.2) is 4.99 Å². The highest BCUT2D eigenvalue weighted by atomic mass is 16.3. The maximum Gasteiger partial charge on any atom is 0.245 e. The largest absolute Gasteiger partial charge is 0.396 e. The molecule has 8 heavy (non-hydrogen) atoms. The quantitative estimate of drug-likeness (QED) is 0.526. The van der Waals surface area contributed by atoms with Crippen LogP contribution in [-0.2, 0) is 4.79 Å². The summed E-state index contributed by atoms with van der Waals surface area (Å²) in [6, 6.07) is 0. The topological polar surface area (TPSA) is 49.7 Å². The van der Waals surface area contributed by atoms with E-state index in [1.54, 1.807) is 0 Å². The number of nitrogens with zero attached hydrogens (tertiary/aromatic N) is 1. The van der Waals surface area contributed by atoms with Gasteiger partial charge in [-0.15, -0.1) is 0 Å². The summed E-state index contributed by atoms with van der Waals surface area (Å²) in [5, 5.41) is 8.20. The van der Waals surface area contributed by atoms with Gasteiger partial charge in [-0.3, -0.25) is 4.79 Å². The molecule has 0 spiro atoms. The Kier molecular flexibility index (Phi) is 4.07. The molecule has 0 bridgehead atoms. The molecule has 0 aromatic heterocycles. The molecule has 0 heterocycles. The minimum absolute atomic E-state index is 0.0429. The number of aliphatic hydroxyl groups excluding tert-OH is 1. The second kappa shape index (κ2) is 4.46. The standard InChI is InChI=1S/C5H9NO2/c1-6-5(8)3-2-4-7/h7H,1-4H2. The Morgan fingerprint density at radius 2 is 2.38 bits per heavy atom. The molecule has 0 atom stereocenters. The predicted octanol–water partition coefficient (Wildman–Crippen LogP) is -0.0139. The fourth-order valence-electron chi connectivity index (χ4n) is 0.309. The Morgan fingerprint density at radius 3 is 2.75 bits per heavy atom. The minimum atomic E-state index is -0.251. The van der Waals surface area contributed by atoms with Crippen molar-refractivity contribution in [3.63, 3.8) is 0 Å². The summed E-state index contributed by atoms with van der Waals surface area (Å²) in [5.41, 5.74) is 0. The molecule has 0 aliphatic rings. The molecule has 0 aromatic rings. The van der Waals surface area contributed by atoms with Crippen LogP contribution in [0.1, 0.15) is 12.8 Å². The fourth-order valence-corrected chi connectivity index (χ4v) is 0.309. The lowest BCUT2D eigenvalue weighted by atomic mass is 10.3. The first-order valence-corrected chi connectivity index (χ1v) is 2.41. The van der Waals surface area contributed by atoms with Gasteiger partial charge in [0, 0.05) is 13.0 Å². The van der Waals surface area contributed by atoms with Crippen LogP contribution in [0.2, 0.25) is 0 Å². The molecule has 1 amide bonds. The maximum atomic E-state index is 10.2. The van der Waals surface area contributed by atoms with E-state index >= 15 is 0 Å². The first-order valence-electron chi connectivity index (χ1n) is 2.41. The van der Waals surface area contributed by atoms with Crippen molar-refractivity contribution < 1.29 is 9.90 Å². The zero-order chi connectivity index (χ0) is 6.41. The fraction of sp³-hybridized carbons (Fsp3) is 0.600. The monoisotopic (exact) mass is 115 g/mol. The van der Waals surface area contributed by atoms with Gasteiger partial charge in [0.25, 0.3) is 0 Å². The number of aliphatic hydroxyl groups is 1. The summed E-state index contributed by atoms with van der Waals surface area (Å²) in [5.74, 6) is -0.251. The minimum Gasteiger partial charge on any atom is -0.396 e. The van der Waals surface area contributed by atoms with Gasteiger partial charge < -0.3 is 5.11 Å². The van der Waals surface area contributed by atoms with E-state index in [1.807, 2.05) is 0 Å². The van der Waals surface area contributed by atoms with Gasteiger partial charge in [0.2, 0.25) is 5.91 Å². The molecular weight excluding hydrogens is 106 g/mol. The van der Waals surface area contributed by atoms with Gasteiger partial charge in [0.15, 0.2) is 0 Å². The number of carbonyl (C=O) groups is 1. The van der Waals surface area contributed by atoms with Crippen LogP contribution in [-0.4, -0.2) is 24.3 Å². The van der Waals surface area contributed by atoms with Crippen LogP contribution in [0.5, 0.6) is 0 Å². The lowest BCUT2D eigenvalue weighted by molar-refractivity contribution is -0.117. The van der Waals surface area contributed by atoms with E-state index in [1.165, 1.54) is 0 Å². The Balaban J connectivity index is 3.11. The summed E-state index contributed by atoms with van der Waals surface area (Å²) in [7, 11) is 0. The molecule has 0 aromatic carbocycles. The molecule has 0 rings (SSSR count). The molecule has 0 fully saturated rings. The summed E-state index contributed by atoms with van der Waals surface area (Å²) < 4.78 is 0. The Morgan fingerprint density at radius 1 is 1.75 bits per heavy atom. The van der Waals surface area contributed by atoms with Crippen LogP contribution in [0, 0.1) is 0 Å². The van der Waals surface area contributed by atoms with Crippen molar-refractivity contribution in [3.05, 3.63) is 0 Å². The van der Waals surface area contributed by atoms with Crippen molar-refractivity contribution >= 4 is 12.6 Å². The summed E-state index contributed by atoms with van der Waals surface area (Å²) in [6.45, 7) is 3.08. The maximum absolute atomic E-state index is 10.2. The predicted molar refractivity (Wildman–Crippen MR) is 30.9 cm³/mol. The second-order valence-corrected chi connectivity index (χ2v) is 1.38. The summed E-state index contributed by atoms with van der Waals surface area (Å²) >= 11 is 0. The average molecular weight is 115 g/mol. The molecular formula is C5H9NO2. The van der Waals surface area contributed by atoms with Gasteiger partial charge in [-0.1, -0.05) is 0 Å². The van der Waals surface area contributed by atoms with Crippen molar-refractivity contribution in [2.24, 2.45) is 4.99 Å². The highest BCUT2D eigenvalue weighted by Crippen LogP contribution is 1.87. The molecule has 1 N–H and O–H groups in total. The Bertz CT molecular complexity index is 90.4. The Labute approximate surface area is 48.1 Å². The smallest absolute Gasteiger partial charge is 0.245 e. The highest BCUT2D eigenvalue weighted by molar-refractivity contribution is 5.80. The number of rotatable bonds is 3. The van der Waals surface area contributed by atoms with Crippen LogP contribution < -0.4 is 0 Å². The summed E-state index contributed by atoms with van der Waals surface area (Å²) in [4.78, 5) is 13.4. The number of amides is 1. The van der Waals surface area contributed by atoms with E-state index in [4.69, 9.17) is 5.11 Å². The third-order valence-electron chi connectivity index (χ3n) is 0.725.